The van der Waals surface area contributed by atoms with Crippen LogP contribution < -0.4 is 5.73 Å². The summed E-state index contributed by atoms with van der Waals surface area (Å²) in [6.45, 7) is 3.85. The van der Waals surface area contributed by atoms with E-state index < -0.39 is 45.1 Å². The highest BCUT2D eigenvalue weighted by Gasteiger charge is 2.27. The van der Waals surface area contributed by atoms with Crippen LogP contribution in [-0.2, 0) is 32.7 Å². The Morgan fingerprint density at radius 1 is 0.571 bits per heavy atom. The first kappa shape index (κ1) is 54.5. The molecule has 0 aromatic heterocycles. The molecule has 3 atom stereocenters. The molecule has 0 amide bonds. The molecule has 0 fully saturated rings. The Labute approximate surface area is 343 Å². The molecule has 3 unspecified atom stereocenters. The van der Waals surface area contributed by atoms with E-state index >= 15 is 0 Å². The Hall–Kier alpha value is -1.55. The van der Waals surface area contributed by atoms with Crippen molar-refractivity contribution < 1.29 is 42.7 Å². The number of unbranched alkanes of at least 4 members (excludes halogenated alkanes) is 26. The molecule has 0 radical (unpaired) electrons. The summed E-state index contributed by atoms with van der Waals surface area (Å²) in [6, 6.07) is -1.47. The van der Waals surface area contributed by atoms with Gasteiger partial charge in [-0.15, -0.1) is 0 Å². The van der Waals surface area contributed by atoms with Crippen molar-refractivity contribution in [1.29, 1.82) is 0 Å². The molecule has 4 N–H and O–H groups in total. The molecule has 0 rings (SSSR count). The quantitative estimate of drug-likeness (QED) is 0.0234. The summed E-state index contributed by atoms with van der Waals surface area (Å²) in [5.74, 6) is -1.79. The maximum absolute atomic E-state index is 12.6. The van der Waals surface area contributed by atoms with Crippen LogP contribution in [0.3, 0.4) is 0 Å². The van der Waals surface area contributed by atoms with Gasteiger partial charge in [-0.2, -0.15) is 0 Å². The zero-order chi connectivity index (χ0) is 41.2. The summed E-state index contributed by atoms with van der Waals surface area (Å²) in [6.07, 6.45) is 45.2. The summed E-state index contributed by atoms with van der Waals surface area (Å²) < 4.78 is 33.4. The van der Waals surface area contributed by atoms with Crippen LogP contribution in [0.2, 0.25) is 0 Å². The summed E-state index contributed by atoms with van der Waals surface area (Å²) in [5, 5.41) is 8.90. The SMILES string of the molecule is CCCC/C=C\C/C=C\CCCCCCCC(=O)OC(COCCCCCCCCCCCCCCCCCCCCCC)COP(=O)(O)OCC(N)C(=O)O. The van der Waals surface area contributed by atoms with Gasteiger partial charge in [0.1, 0.15) is 12.1 Å². The normalized spacial score (nSPS) is 14.1. The summed E-state index contributed by atoms with van der Waals surface area (Å²) >= 11 is 0. The number of carboxylic acid groups (broad SMARTS) is 1. The number of nitrogens with two attached hydrogens (primary N) is 1. The number of carboxylic acids is 1. The Morgan fingerprint density at radius 2 is 1.00 bits per heavy atom. The Morgan fingerprint density at radius 3 is 1.50 bits per heavy atom. The van der Waals surface area contributed by atoms with Gasteiger partial charge in [0.25, 0.3) is 0 Å². The number of carbonyl (C=O) groups excluding carboxylic acids is 1. The highest BCUT2D eigenvalue weighted by molar-refractivity contribution is 7.47. The third-order valence-corrected chi connectivity index (χ3v) is 10.9. The highest BCUT2D eigenvalue weighted by atomic mass is 31.2. The maximum Gasteiger partial charge on any atom is 0.472 e. The van der Waals surface area contributed by atoms with E-state index in [2.05, 4.69) is 38.2 Å². The average Bonchev–Trinajstić information content (AvgIpc) is 3.18. The molecule has 0 aliphatic heterocycles. The van der Waals surface area contributed by atoms with Gasteiger partial charge in [-0.05, 0) is 38.5 Å². The van der Waals surface area contributed by atoms with Gasteiger partial charge in [0.05, 0.1) is 19.8 Å². The minimum atomic E-state index is -4.62. The van der Waals surface area contributed by atoms with Crippen molar-refractivity contribution in [1.82, 2.24) is 0 Å². The van der Waals surface area contributed by atoms with Crippen molar-refractivity contribution >= 4 is 19.8 Å². The van der Waals surface area contributed by atoms with Gasteiger partial charge in [0.15, 0.2) is 0 Å². The van der Waals surface area contributed by atoms with Crippen LogP contribution in [0, 0.1) is 0 Å². The molecule has 0 aromatic carbocycles. The van der Waals surface area contributed by atoms with Crippen LogP contribution >= 0.6 is 7.82 Å². The first-order valence-electron chi connectivity index (χ1n) is 22.9. The number of aliphatic carboxylic acids is 1. The van der Waals surface area contributed by atoms with Crippen molar-refractivity contribution in [2.45, 2.75) is 225 Å². The molecule has 0 aliphatic rings. The van der Waals surface area contributed by atoms with Crippen LogP contribution in [0.4, 0.5) is 0 Å². The lowest BCUT2D eigenvalue weighted by atomic mass is 10.0. The predicted molar refractivity (Wildman–Crippen MR) is 231 cm³/mol. The molecule has 10 nitrogen and oxygen atoms in total. The Kier molecular flexibility index (Phi) is 40.5. The highest BCUT2D eigenvalue weighted by Crippen LogP contribution is 2.43. The third kappa shape index (κ3) is 40.6. The lowest BCUT2D eigenvalue weighted by Gasteiger charge is -2.20. The number of allylic oxidation sites excluding steroid dienone is 4. The van der Waals surface area contributed by atoms with Crippen molar-refractivity contribution in [2.24, 2.45) is 5.73 Å². The number of esters is 1. The second kappa shape index (κ2) is 41.6. The summed E-state index contributed by atoms with van der Waals surface area (Å²) in [5.41, 5.74) is 5.36. The van der Waals surface area contributed by atoms with Gasteiger partial charge in [-0.1, -0.05) is 192 Å². The van der Waals surface area contributed by atoms with Crippen LogP contribution in [0.15, 0.2) is 24.3 Å². The molecule has 0 bridgehead atoms. The van der Waals surface area contributed by atoms with Gasteiger partial charge in [-0.3, -0.25) is 18.6 Å². The second-order valence-electron chi connectivity index (χ2n) is 15.5. The van der Waals surface area contributed by atoms with Gasteiger partial charge >= 0.3 is 19.8 Å². The fraction of sp³-hybridized carbons (Fsp3) is 0.867. The number of rotatable bonds is 44. The molecule has 56 heavy (non-hydrogen) atoms. The number of ether oxygens (including phenoxy) is 2. The fourth-order valence-electron chi connectivity index (χ4n) is 6.39. The molecule has 0 aliphatic carbocycles. The van der Waals surface area contributed by atoms with Gasteiger partial charge in [0.2, 0.25) is 0 Å². The van der Waals surface area contributed by atoms with E-state index in [9.17, 15) is 19.0 Å². The van der Waals surface area contributed by atoms with Gasteiger partial charge in [0, 0.05) is 13.0 Å². The largest absolute Gasteiger partial charge is 0.480 e. The van der Waals surface area contributed by atoms with Crippen molar-refractivity contribution in [3.05, 3.63) is 24.3 Å². The molecule has 0 heterocycles. The van der Waals surface area contributed by atoms with E-state index in [4.69, 9.17) is 29.4 Å². The number of hydrogen-bond donors (Lipinski definition) is 3. The lowest BCUT2D eigenvalue weighted by molar-refractivity contribution is -0.154. The Balaban J connectivity index is 4.16. The first-order valence-corrected chi connectivity index (χ1v) is 24.4. The van der Waals surface area contributed by atoms with E-state index in [0.29, 0.717) is 13.0 Å². The third-order valence-electron chi connectivity index (χ3n) is 9.98. The molecule has 0 saturated heterocycles. The summed E-state index contributed by atoms with van der Waals surface area (Å²) in [7, 11) is -4.62. The number of hydrogen-bond acceptors (Lipinski definition) is 8. The van der Waals surface area contributed by atoms with Gasteiger partial charge < -0.3 is 25.2 Å². The number of carbonyl (C=O) groups is 2. The van der Waals surface area contributed by atoms with Crippen LogP contribution in [-0.4, -0.2) is 60.5 Å². The molecule has 0 spiro atoms. The topological polar surface area (TPSA) is 155 Å². The van der Waals surface area contributed by atoms with E-state index in [0.717, 1.165) is 64.2 Å². The van der Waals surface area contributed by atoms with Crippen LogP contribution in [0.1, 0.15) is 213 Å². The minimum Gasteiger partial charge on any atom is -0.480 e. The van der Waals surface area contributed by atoms with Gasteiger partial charge in [-0.25, -0.2) is 4.57 Å². The first-order chi connectivity index (χ1) is 27.2. The zero-order valence-electron chi connectivity index (χ0n) is 36.0. The van der Waals surface area contributed by atoms with Crippen LogP contribution in [0.5, 0.6) is 0 Å². The van der Waals surface area contributed by atoms with E-state index in [1.54, 1.807) is 0 Å². The second-order valence-corrected chi connectivity index (χ2v) is 17.0. The molecule has 330 valence electrons. The van der Waals surface area contributed by atoms with E-state index in [1.165, 1.54) is 122 Å². The Bertz CT molecular complexity index is 993. The maximum atomic E-state index is 12.6. The molecule has 11 heteroatoms. The minimum absolute atomic E-state index is 0.0154. The van der Waals surface area contributed by atoms with Crippen molar-refractivity contribution in [2.75, 3.05) is 26.4 Å². The van der Waals surface area contributed by atoms with Crippen LogP contribution in [0.25, 0.3) is 0 Å². The monoisotopic (exact) mass is 816 g/mol. The predicted octanol–water partition coefficient (Wildman–Crippen LogP) is 12.7. The van der Waals surface area contributed by atoms with Crippen molar-refractivity contribution in [3.63, 3.8) is 0 Å². The number of phosphoric ester groups is 1. The molecular weight excluding hydrogens is 729 g/mol. The standard InChI is InChI=1S/C45H86NO9P/c1-3-5-7-9-11-13-15-17-19-20-21-22-23-24-26-28-30-32-34-36-38-52-39-42(40-53-56(50,51)54-41-43(46)45(48)49)55-44(47)37-35-33-31-29-27-25-18-16-14-12-10-8-6-4-2/h10,12,16,18,42-43H,3-9,11,13-15,17,19-41,46H2,1-2H3,(H,48,49)(H,50,51)/b12-10-,18-16-. The molecular formula is C45H86NO9P. The zero-order valence-corrected chi connectivity index (χ0v) is 36.9. The van der Waals surface area contributed by atoms with E-state index in [-0.39, 0.29) is 13.0 Å². The lowest BCUT2D eigenvalue weighted by Crippen LogP contribution is -2.34. The summed E-state index contributed by atoms with van der Waals surface area (Å²) in [4.78, 5) is 33.5. The van der Waals surface area contributed by atoms with Crippen molar-refractivity contribution in [3.8, 4) is 0 Å². The average molecular weight is 816 g/mol. The number of phosphoric acid groups is 1. The molecule has 0 aromatic rings. The fourth-order valence-corrected chi connectivity index (χ4v) is 7.16. The smallest absolute Gasteiger partial charge is 0.472 e. The van der Waals surface area contributed by atoms with E-state index in [1.807, 2.05) is 0 Å². The molecule has 0 saturated carbocycles.